The Morgan fingerprint density at radius 1 is 1.54 bits per heavy atom. The van der Waals surface area contributed by atoms with E-state index in [2.05, 4.69) is 16.8 Å². The van der Waals surface area contributed by atoms with Gasteiger partial charge in [-0.25, -0.2) is 0 Å². The monoisotopic (exact) mass is 180 g/mol. The summed E-state index contributed by atoms with van der Waals surface area (Å²) in [4.78, 5) is 6.33. The second-order valence-corrected chi connectivity index (χ2v) is 3.13. The summed E-state index contributed by atoms with van der Waals surface area (Å²) < 4.78 is 0. The van der Waals surface area contributed by atoms with Crippen LogP contribution in [0, 0.1) is 0 Å². The van der Waals surface area contributed by atoms with Crippen molar-refractivity contribution in [2.75, 3.05) is 20.2 Å². The Hall–Kier alpha value is -0.930. The smallest absolute Gasteiger partial charge is 0.0572 e. The number of pyridine rings is 1. The SMILES string of the molecule is C[C@@H](c1ccccn1)N(C)CCO. The first-order valence-electron chi connectivity index (χ1n) is 4.47. The summed E-state index contributed by atoms with van der Waals surface area (Å²) in [6.45, 7) is 2.95. The maximum Gasteiger partial charge on any atom is 0.0572 e. The van der Waals surface area contributed by atoms with Gasteiger partial charge < -0.3 is 5.11 Å². The lowest BCUT2D eigenvalue weighted by molar-refractivity contribution is 0.186. The summed E-state index contributed by atoms with van der Waals surface area (Å²) in [5.74, 6) is 0. The van der Waals surface area contributed by atoms with Crippen LogP contribution in [0.3, 0.4) is 0 Å². The first-order valence-corrected chi connectivity index (χ1v) is 4.47. The lowest BCUT2D eigenvalue weighted by Gasteiger charge is -2.22. The molecule has 1 rings (SSSR count). The molecule has 0 fully saturated rings. The number of hydrogen-bond acceptors (Lipinski definition) is 3. The van der Waals surface area contributed by atoms with Crippen molar-refractivity contribution in [3.8, 4) is 0 Å². The molecule has 0 saturated heterocycles. The van der Waals surface area contributed by atoms with Gasteiger partial charge in [0.1, 0.15) is 0 Å². The van der Waals surface area contributed by atoms with E-state index in [-0.39, 0.29) is 12.6 Å². The fourth-order valence-electron chi connectivity index (χ4n) is 1.20. The molecule has 0 aliphatic rings. The van der Waals surface area contributed by atoms with Crippen LogP contribution in [-0.2, 0) is 0 Å². The summed E-state index contributed by atoms with van der Waals surface area (Å²) in [6.07, 6.45) is 1.79. The van der Waals surface area contributed by atoms with E-state index in [0.717, 1.165) is 5.69 Å². The number of aliphatic hydroxyl groups excluding tert-OH is 1. The average Bonchev–Trinajstić information content (AvgIpc) is 2.18. The Bertz CT molecular complexity index is 238. The van der Waals surface area contributed by atoms with Gasteiger partial charge in [-0.2, -0.15) is 0 Å². The van der Waals surface area contributed by atoms with Crippen LogP contribution in [0.4, 0.5) is 0 Å². The van der Waals surface area contributed by atoms with Gasteiger partial charge in [-0.3, -0.25) is 9.88 Å². The molecule has 0 aliphatic carbocycles. The maximum atomic E-state index is 8.77. The predicted molar refractivity (Wildman–Crippen MR) is 52.4 cm³/mol. The molecule has 0 aromatic carbocycles. The van der Waals surface area contributed by atoms with E-state index in [4.69, 9.17) is 5.11 Å². The molecule has 1 aromatic heterocycles. The molecular formula is C10H16N2O. The third-order valence-corrected chi connectivity index (χ3v) is 2.23. The molecule has 3 nitrogen and oxygen atoms in total. The topological polar surface area (TPSA) is 36.4 Å². The highest BCUT2D eigenvalue weighted by molar-refractivity contribution is 5.07. The number of aromatic nitrogens is 1. The van der Waals surface area contributed by atoms with Gasteiger partial charge in [0.05, 0.1) is 12.3 Å². The molecule has 0 spiro atoms. The van der Waals surface area contributed by atoms with Crippen molar-refractivity contribution >= 4 is 0 Å². The molecule has 13 heavy (non-hydrogen) atoms. The molecule has 72 valence electrons. The van der Waals surface area contributed by atoms with Crippen molar-refractivity contribution in [1.82, 2.24) is 9.88 Å². The van der Waals surface area contributed by atoms with Crippen LogP contribution in [0.2, 0.25) is 0 Å². The molecule has 0 radical (unpaired) electrons. The van der Waals surface area contributed by atoms with E-state index >= 15 is 0 Å². The van der Waals surface area contributed by atoms with Crippen LogP contribution in [0.25, 0.3) is 0 Å². The number of hydrogen-bond donors (Lipinski definition) is 1. The Morgan fingerprint density at radius 2 is 2.31 bits per heavy atom. The number of rotatable bonds is 4. The van der Waals surface area contributed by atoms with Crippen molar-refractivity contribution in [2.24, 2.45) is 0 Å². The zero-order valence-electron chi connectivity index (χ0n) is 8.14. The molecule has 1 N–H and O–H groups in total. The van der Waals surface area contributed by atoms with Crippen molar-refractivity contribution in [3.63, 3.8) is 0 Å². The summed E-state index contributed by atoms with van der Waals surface area (Å²) in [6, 6.07) is 6.14. The summed E-state index contributed by atoms with van der Waals surface area (Å²) >= 11 is 0. The Morgan fingerprint density at radius 3 is 2.85 bits per heavy atom. The van der Waals surface area contributed by atoms with Gasteiger partial charge in [0.25, 0.3) is 0 Å². The van der Waals surface area contributed by atoms with Crippen LogP contribution in [0.1, 0.15) is 18.7 Å². The van der Waals surface area contributed by atoms with Gasteiger partial charge in [0.15, 0.2) is 0 Å². The molecule has 0 aliphatic heterocycles. The Balaban J connectivity index is 2.62. The van der Waals surface area contributed by atoms with E-state index < -0.39 is 0 Å². The minimum atomic E-state index is 0.188. The predicted octanol–water partition coefficient (Wildman–Crippen LogP) is 1.07. The minimum absolute atomic E-state index is 0.188. The highest BCUT2D eigenvalue weighted by atomic mass is 16.3. The molecule has 1 atom stereocenters. The van der Waals surface area contributed by atoms with E-state index in [1.54, 1.807) is 6.20 Å². The summed E-state index contributed by atoms with van der Waals surface area (Å²) in [5.41, 5.74) is 1.04. The van der Waals surface area contributed by atoms with Gasteiger partial charge in [-0.15, -0.1) is 0 Å². The summed E-state index contributed by atoms with van der Waals surface area (Å²) in [5, 5.41) is 8.77. The maximum absolute atomic E-state index is 8.77. The van der Waals surface area contributed by atoms with Gasteiger partial charge in [0, 0.05) is 18.8 Å². The molecule has 0 bridgehead atoms. The number of nitrogens with zero attached hydrogens (tertiary/aromatic N) is 2. The zero-order chi connectivity index (χ0) is 9.68. The van der Waals surface area contributed by atoms with Crippen molar-refractivity contribution in [1.29, 1.82) is 0 Å². The first-order chi connectivity index (χ1) is 6.25. The van der Waals surface area contributed by atoms with Crippen LogP contribution < -0.4 is 0 Å². The van der Waals surface area contributed by atoms with E-state index in [0.29, 0.717) is 6.54 Å². The molecule has 1 heterocycles. The molecule has 3 heteroatoms. The van der Waals surface area contributed by atoms with Gasteiger partial charge in [-0.05, 0) is 26.1 Å². The normalized spacial score (nSPS) is 13.2. The van der Waals surface area contributed by atoms with E-state index in [9.17, 15) is 0 Å². The first kappa shape index (κ1) is 10.2. The molecule has 0 unspecified atom stereocenters. The largest absolute Gasteiger partial charge is 0.395 e. The molecule has 0 amide bonds. The van der Waals surface area contributed by atoms with Gasteiger partial charge in [-0.1, -0.05) is 6.07 Å². The Labute approximate surface area is 79.0 Å². The number of aliphatic hydroxyl groups is 1. The molecule has 1 aromatic rings. The molecular weight excluding hydrogens is 164 g/mol. The highest BCUT2D eigenvalue weighted by Crippen LogP contribution is 2.14. The second-order valence-electron chi connectivity index (χ2n) is 3.13. The van der Waals surface area contributed by atoms with Crippen LogP contribution in [-0.4, -0.2) is 35.2 Å². The van der Waals surface area contributed by atoms with Gasteiger partial charge >= 0.3 is 0 Å². The lowest BCUT2D eigenvalue weighted by atomic mass is 10.2. The fourth-order valence-corrected chi connectivity index (χ4v) is 1.20. The van der Waals surface area contributed by atoms with Crippen LogP contribution in [0.15, 0.2) is 24.4 Å². The minimum Gasteiger partial charge on any atom is -0.395 e. The highest BCUT2D eigenvalue weighted by Gasteiger charge is 2.10. The Kier molecular flexibility index (Phi) is 3.86. The quantitative estimate of drug-likeness (QED) is 0.753. The van der Waals surface area contributed by atoms with Crippen molar-refractivity contribution in [3.05, 3.63) is 30.1 Å². The average molecular weight is 180 g/mol. The van der Waals surface area contributed by atoms with Gasteiger partial charge in [0.2, 0.25) is 0 Å². The van der Waals surface area contributed by atoms with E-state index in [1.807, 2.05) is 25.2 Å². The van der Waals surface area contributed by atoms with E-state index in [1.165, 1.54) is 0 Å². The van der Waals surface area contributed by atoms with Crippen molar-refractivity contribution in [2.45, 2.75) is 13.0 Å². The van der Waals surface area contributed by atoms with Crippen LogP contribution >= 0.6 is 0 Å². The third kappa shape index (κ3) is 2.79. The number of likely N-dealkylation sites (N-methyl/N-ethyl adjacent to an activating group) is 1. The third-order valence-electron chi connectivity index (χ3n) is 2.23. The van der Waals surface area contributed by atoms with Crippen LogP contribution in [0.5, 0.6) is 0 Å². The fraction of sp³-hybridized carbons (Fsp3) is 0.500. The molecule has 0 saturated carbocycles. The second kappa shape index (κ2) is 4.94. The lowest BCUT2D eigenvalue weighted by Crippen LogP contribution is -2.26. The van der Waals surface area contributed by atoms with Crippen molar-refractivity contribution < 1.29 is 5.11 Å². The zero-order valence-corrected chi connectivity index (χ0v) is 8.14. The standard InChI is InChI=1S/C10H16N2O/c1-9(12(2)7-8-13)10-5-3-4-6-11-10/h3-6,9,13H,7-8H2,1-2H3/t9-/m0/s1. The summed E-state index contributed by atoms with van der Waals surface area (Å²) in [7, 11) is 1.98.